The summed E-state index contributed by atoms with van der Waals surface area (Å²) < 4.78 is 3.62. The minimum Gasteiger partial charge on any atom is -0.352 e. The highest BCUT2D eigenvalue weighted by Crippen LogP contribution is 2.38. The third kappa shape index (κ3) is 2.96. The van der Waals surface area contributed by atoms with E-state index in [1.54, 1.807) is 16.7 Å². The van der Waals surface area contributed by atoms with Crippen LogP contribution in [0.1, 0.15) is 35.5 Å². The van der Waals surface area contributed by atoms with Gasteiger partial charge in [0.1, 0.15) is 6.04 Å². The van der Waals surface area contributed by atoms with Gasteiger partial charge in [0.25, 0.3) is 5.56 Å². The molecule has 0 aromatic carbocycles. The Hall–Kier alpha value is -2.41. The summed E-state index contributed by atoms with van der Waals surface area (Å²) >= 11 is 0. The Morgan fingerprint density at radius 1 is 1.35 bits per heavy atom. The molecule has 1 saturated heterocycles. The summed E-state index contributed by atoms with van der Waals surface area (Å²) in [6.45, 7) is 6.73. The SMILES string of the molecule is Cc1cc(C)n(CCNC(=O)[C@H]2[C@@H]3CNC[C@@H](C3)c3cccc(=O)n32)n1. The minimum atomic E-state index is -0.441. The molecule has 0 unspecified atom stereocenters. The molecular formula is C19H25N5O2. The van der Waals surface area contributed by atoms with E-state index in [1.165, 1.54) is 0 Å². The molecule has 7 nitrogen and oxygen atoms in total. The van der Waals surface area contributed by atoms with Crippen molar-refractivity contribution in [2.75, 3.05) is 19.6 Å². The van der Waals surface area contributed by atoms with Crippen molar-refractivity contribution in [3.05, 3.63) is 51.7 Å². The summed E-state index contributed by atoms with van der Waals surface area (Å²) in [7, 11) is 0. The Balaban J connectivity index is 1.53. The molecule has 3 atom stereocenters. The summed E-state index contributed by atoms with van der Waals surface area (Å²) in [5.74, 6) is 0.379. The largest absolute Gasteiger partial charge is 0.352 e. The molecule has 2 aliphatic rings. The summed E-state index contributed by atoms with van der Waals surface area (Å²) in [6.07, 6.45) is 0.950. The summed E-state index contributed by atoms with van der Waals surface area (Å²) in [6, 6.07) is 6.90. The normalized spacial score (nSPS) is 24.2. The predicted molar refractivity (Wildman–Crippen MR) is 98.2 cm³/mol. The number of hydrogen-bond donors (Lipinski definition) is 2. The van der Waals surface area contributed by atoms with E-state index in [0.29, 0.717) is 19.0 Å². The highest BCUT2D eigenvalue weighted by atomic mass is 16.2. The molecule has 2 aromatic heterocycles. The van der Waals surface area contributed by atoms with Gasteiger partial charge < -0.3 is 10.6 Å². The second-order valence-corrected chi connectivity index (χ2v) is 7.40. The quantitative estimate of drug-likeness (QED) is 0.847. The first-order chi connectivity index (χ1) is 12.5. The molecule has 0 saturated carbocycles. The number of pyridine rings is 1. The fourth-order valence-corrected chi connectivity index (χ4v) is 4.42. The van der Waals surface area contributed by atoms with E-state index >= 15 is 0 Å². The Kier molecular flexibility index (Phi) is 4.40. The number of fused-ring (bicyclic) bond motifs is 4. The molecular weight excluding hydrogens is 330 g/mol. The predicted octanol–water partition coefficient (Wildman–Crippen LogP) is 0.726. The van der Waals surface area contributed by atoms with E-state index in [1.807, 2.05) is 30.7 Å². The molecule has 1 fully saturated rings. The summed E-state index contributed by atoms with van der Waals surface area (Å²) in [4.78, 5) is 25.5. The van der Waals surface area contributed by atoms with Gasteiger partial charge in [-0.2, -0.15) is 5.10 Å². The fraction of sp³-hybridized carbons (Fsp3) is 0.526. The van der Waals surface area contributed by atoms with E-state index in [9.17, 15) is 9.59 Å². The highest BCUT2D eigenvalue weighted by molar-refractivity contribution is 5.81. The average Bonchev–Trinajstić information content (AvgIpc) is 2.94. The Morgan fingerprint density at radius 2 is 2.19 bits per heavy atom. The lowest BCUT2D eigenvalue weighted by atomic mass is 9.79. The van der Waals surface area contributed by atoms with Gasteiger partial charge in [0.15, 0.2) is 0 Å². The molecule has 0 radical (unpaired) electrons. The number of hydrogen-bond acceptors (Lipinski definition) is 4. The van der Waals surface area contributed by atoms with Gasteiger partial charge in [-0.15, -0.1) is 0 Å². The van der Waals surface area contributed by atoms with Crippen LogP contribution in [0.3, 0.4) is 0 Å². The molecule has 2 bridgehead atoms. The molecule has 0 spiro atoms. The third-order valence-corrected chi connectivity index (χ3v) is 5.54. The van der Waals surface area contributed by atoms with Crippen LogP contribution < -0.4 is 16.2 Å². The maximum absolute atomic E-state index is 13.0. The van der Waals surface area contributed by atoms with Gasteiger partial charge in [-0.3, -0.25) is 18.8 Å². The highest BCUT2D eigenvalue weighted by Gasteiger charge is 2.41. The fourth-order valence-electron chi connectivity index (χ4n) is 4.42. The Labute approximate surface area is 152 Å². The number of aromatic nitrogens is 3. The maximum atomic E-state index is 13.0. The second-order valence-electron chi connectivity index (χ2n) is 7.40. The number of aryl methyl sites for hydroxylation is 2. The van der Waals surface area contributed by atoms with Crippen molar-refractivity contribution in [2.45, 2.75) is 38.8 Å². The van der Waals surface area contributed by atoms with Gasteiger partial charge >= 0.3 is 0 Å². The standard InChI is InChI=1S/C19H25N5O2/c1-12-8-13(2)23(22-12)7-6-21-19(26)18-15-9-14(10-20-11-15)16-4-3-5-17(25)24(16)18/h3-5,8,14-15,18,20H,6-7,9-11H2,1-2H3,(H,21,26)/t14-,15+,18-/m1/s1. The van der Waals surface area contributed by atoms with Crippen molar-refractivity contribution in [2.24, 2.45) is 5.92 Å². The van der Waals surface area contributed by atoms with E-state index in [4.69, 9.17) is 0 Å². The molecule has 1 amide bonds. The van der Waals surface area contributed by atoms with E-state index in [-0.39, 0.29) is 17.4 Å². The van der Waals surface area contributed by atoms with Gasteiger partial charge in [-0.1, -0.05) is 6.07 Å². The number of nitrogens with zero attached hydrogens (tertiary/aromatic N) is 3. The zero-order valence-electron chi connectivity index (χ0n) is 15.2. The molecule has 4 heterocycles. The zero-order chi connectivity index (χ0) is 18.3. The van der Waals surface area contributed by atoms with Gasteiger partial charge in [0.2, 0.25) is 5.91 Å². The smallest absolute Gasteiger partial charge is 0.251 e. The number of rotatable bonds is 4. The van der Waals surface area contributed by atoms with Crippen LogP contribution in [0.25, 0.3) is 0 Å². The molecule has 2 aliphatic heterocycles. The molecule has 138 valence electrons. The first kappa shape index (κ1) is 17.0. The third-order valence-electron chi connectivity index (χ3n) is 5.54. The second kappa shape index (κ2) is 6.72. The van der Waals surface area contributed by atoms with Crippen LogP contribution in [0.15, 0.2) is 29.1 Å². The number of amides is 1. The van der Waals surface area contributed by atoms with Crippen LogP contribution in [0.5, 0.6) is 0 Å². The zero-order valence-corrected chi connectivity index (χ0v) is 15.2. The number of carbonyl (C=O) groups is 1. The van der Waals surface area contributed by atoms with Gasteiger partial charge in [0, 0.05) is 48.9 Å². The van der Waals surface area contributed by atoms with Crippen LogP contribution in [0, 0.1) is 19.8 Å². The average molecular weight is 355 g/mol. The van der Waals surface area contributed by atoms with Crippen LogP contribution in [-0.2, 0) is 11.3 Å². The van der Waals surface area contributed by atoms with E-state index in [0.717, 1.165) is 36.6 Å². The summed E-state index contributed by atoms with van der Waals surface area (Å²) in [5, 5.41) is 10.9. The lowest BCUT2D eigenvalue weighted by Gasteiger charge is -2.42. The molecule has 2 aromatic rings. The maximum Gasteiger partial charge on any atom is 0.251 e. The van der Waals surface area contributed by atoms with Crippen LogP contribution in [0.4, 0.5) is 0 Å². The Morgan fingerprint density at radius 3 is 2.96 bits per heavy atom. The van der Waals surface area contributed by atoms with E-state index < -0.39 is 6.04 Å². The number of piperidine rings is 1. The molecule has 0 aliphatic carbocycles. The first-order valence-electron chi connectivity index (χ1n) is 9.25. The van der Waals surface area contributed by atoms with Crippen LogP contribution in [-0.4, -0.2) is 39.9 Å². The molecule has 2 N–H and O–H groups in total. The van der Waals surface area contributed by atoms with Crippen molar-refractivity contribution in [1.29, 1.82) is 0 Å². The monoisotopic (exact) mass is 355 g/mol. The molecule has 26 heavy (non-hydrogen) atoms. The summed E-state index contributed by atoms with van der Waals surface area (Å²) in [5.41, 5.74) is 2.94. The van der Waals surface area contributed by atoms with Crippen molar-refractivity contribution < 1.29 is 4.79 Å². The molecule has 7 heteroatoms. The lowest BCUT2D eigenvalue weighted by molar-refractivity contribution is -0.127. The van der Waals surface area contributed by atoms with Gasteiger partial charge in [0.05, 0.1) is 12.2 Å². The van der Waals surface area contributed by atoms with Crippen molar-refractivity contribution >= 4 is 5.91 Å². The van der Waals surface area contributed by atoms with Crippen LogP contribution >= 0.6 is 0 Å². The van der Waals surface area contributed by atoms with Crippen molar-refractivity contribution in [3.63, 3.8) is 0 Å². The lowest BCUT2D eigenvalue weighted by Crippen LogP contribution is -2.52. The van der Waals surface area contributed by atoms with Crippen molar-refractivity contribution in [3.8, 4) is 0 Å². The minimum absolute atomic E-state index is 0.0757. The topological polar surface area (TPSA) is 81.0 Å². The Bertz CT molecular complexity index is 884. The van der Waals surface area contributed by atoms with Gasteiger partial charge in [-0.05, 0) is 32.4 Å². The first-order valence-corrected chi connectivity index (χ1v) is 9.25. The van der Waals surface area contributed by atoms with Gasteiger partial charge in [-0.25, -0.2) is 0 Å². The van der Waals surface area contributed by atoms with E-state index in [2.05, 4.69) is 15.7 Å². The van der Waals surface area contributed by atoms with Crippen LogP contribution in [0.2, 0.25) is 0 Å². The van der Waals surface area contributed by atoms with Crippen molar-refractivity contribution in [1.82, 2.24) is 25.0 Å². The number of carbonyl (C=O) groups excluding carboxylic acids is 1. The number of nitrogens with one attached hydrogen (secondary N) is 2. The molecule has 4 rings (SSSR count).